The van der Waals surface area contributed by atoms with Crippen molar-refractivity contribution in [2.45, 2.75) is 19.3 Å². The highest BCUT2D eigenvalue weighted by Gasteiger charge is 2.39. The van der Waals surface area contributed by atoms with E-state index < -0.39 is 29.1 Å². The monoisotopic (exact) mass is 280 g/mol. The molecule has 0 bridgehead atoms. The van der Waals surface area contributed by atoms with Crippen molar-refractivity contribution in [3.63, 3.8) is 0 Å². The third kappa shape index (κ3) is 3.05. The molecule has 0 aromatic rings. The molecule has 106 valence electrons. The minimum Gasteiger partial charge on any atom is -0.303 e. The molecule has 7 heteroatoms. The maximum absolute atomic E-state index is 13.2. The topological polar surface area (TPSA) is 83.6 Å². The summed E-state index contributed by atoms with van der Waals surface area (Å²) in [6, 6.07) is 0. The van der Waals surface area contributed by atoms with Crippen molar-refractivity contribution < 1.29 is 23.6 Å². The summed E-state index contributed by atoms with van der Waals surface area (Å²) in [4.78, 5) is 45.3. The normalized spacial score (nSPS) is 14.6. The number of carbonyl (C=O) groups is 4. The largest absolute Gasteiger partial charge is 0.303 e. The first-order chi connectivity index (χ1) is 9.43. The molecule has 3 amide bonds. The number of halogens is 1. The Bertz CT molecular complexity index is 536. The summed E-state index contributed by atoms with van der Waals surface area (Å²) < 4.78 is 13.2. The standard InChI is InChI=1S/C13H13FN2O4/c1-3-9-11(8(2)14)13(20)16(12(9)19)15-10(18)6-4-5-7-17/h3,7H,1-2,4-6H2,(H,15,18). The zero-order valence-corrected chi connectivity index (χ0v) is 10.6. The molecule has 1 N–H and O–H groups in total. The lowest BCUT2D eigenvalue weighted by Gasteiger charge is -2.15. The first-order valence-corrected chi connectivity index (χ1v) is 5.77. The van der Waals surface area contributed by atoms with Gasteiger partial charge in [-0.05, 0) is 6.42 Å². The van der Waals surface area contributed by atoms with Crippen LogP contribution >= 0.6 is 0 Å². The number of hydrazine groups is 1. The maximum atomic E-state index is 13.2. The number of hydrogen-bond donors (Lipinski definition) is 1. The van der Waals surface area contributed by atoms with Crippen LogP contribution in [0.3, 0.4) is 0 Å². The predicted octanol–water partition coefficient (Wildman–Crippen LogP) is 0.721. The molecule has 0 aromatic heterocycles. The number of nitrogens with one attached hydrogen (secondary N) is 1. The summed E-state index contributed by atoms with van der Waals surface area (Å²) in [5, 5.41) is 0.417. The smallest absolute Gasteiger partial charge is 0.283 e. The maximum Gasteiger partial charge on any atom is 0.283 e. The van der Waals surface area contributed by atoms with Crippen LogP contribution in [0, 0.1) is 0 Å². The van der Waals surface area contributed by atoms with Gasteiger partial charge in [-0.15, -0.1) is 0 Å². The van der Waals surface area contributed by atoms with E-state index in [1.807, 2.05) is 0 Å². The van der Waals surface area contributed by atoms with Crippen molar-refractivity contribution in [2.75, 3.05) is 0 Å². The van der Waals surface area contributed by atoms with E-state index in [0.29, 0.717) is 11.3 Å². The van der Waals surface area contributed by atoms with Crippen LogP contribution in [-0.4, -0.2) is 29.0 Å². The fraction of sp³-hybridized carbons (Fsp3) is 0.231. The van der Waals surface area contributed by atoms with Gasteiger partial charge in [0.25, 0.3) is 11.8 Å². The van der Waals surface area contributed by atoms with Crippen molar-refractivity contribution in [2.24, 2.45) is 0 Å². The van der Waals surface area contributed by atoms with E-state index in [9.17, 15) is 23.6 Å². The number of amides is 3. The second-order valence-corrected chi connectivity index (χ2v) is 3.94. The number of unbranched alkanes of at least 4 members (excludes halogenated alkanes) is 1. The van der Waals surface area contributed by atoms with Gasteiger partial charge >= 0.3 is 0 Å². The van der Waals surface area contributed by atoms with Gasteiger partial charge in [0.15, 0.2) is 0 Å². The molecule has 0 atom stereocenters. The molecule has 20 heavy (non-hydrogen) atoms. The summed E-state index contributed by atoms with van der Waals surface area (Å²) in [6.45, 7) is 6.29. The van der Waals surface area contributed by atoms with Crippen LogP contribution < -0.4 is 5.43 Å². The van der Waals surface area contributed by atoms with E-state index in [4.69, 9.17) is 0 Å². The quantitative estimate of drug-likeness (QED) is 0.423. The molecule has 0 radical (unpaired) electrons. The van der Waals surface area contributed by atoms with E-state index >= 15 is 0 Å². The predicted molar refractivity (Wildman–Crippen MR) is 67.4 cm³/mol. The summed E-state index contributed by atoms with van der Waals surface area (Å²) >= 11 is 0. The Morgan fingerprint density at radius 1 is 1.35 bits per heavy atom. The van der Waals surface area contributed by atoms with E-state index in [-0.39, 0.29) is 24.8 Å². The van der Waals surface area contributed by atoms with Gasteiger partial charge < -0.3 is 4.79 Å². The minimum absolute atomic E-state index is 0.0366. The fourth-order valence-electron chi connectivity index (χ4n) is 1.63. The summed E-state index contributed by atoms with van der Waals surface area (Å²) in [7, 11) is 0. The lowest BCUT2D eigenvalue weighted by molar-refractivity contribution is -0.147. The third-order valence-electron chi connectivity index (χ3n) is 2.56. The summed E-state index contributed by atoms with van der Waals surface area (Å²) in [5.74, 6) is -3.57. The van der Waals surface area contributed by atoms with Crippen molar-refractivity contribution in [1.82, 2.24) is 10.4 Å². The van der Waals surface area contributed by atoms with E-state index in [2.05, 4.69) is 18.6 Å². The van der Waals surface area contributed by atoms with Crippen LogP contribution in [0.1, 0.15) is 19.3 Å². The SMILES string of the molecule is C=CC1=C(C(=C)F)C(=O)N(NC(=O)CCCC=O)C1=O. The van der Waals surface area contributed by atoms with E-state index in [1.54, 1.807) is 0 Å². The van der Waals surface area contributed by atoms with Gasteiger partial charge in [0.05, 0.1) is 11.1 Å². The molecule has 1 aliphatic heterocycles. The second-order valence-electron chi connectivity index (χ2n) is 3.94. The summed E-state index contributed by atoms with van der Waals surface area (Å²) in [5.41, 5.74) is 1.30. The number of aldehydes is 1. The van der Waals surface area contributed by atoms with Crippen LogP contribution in [0.2, 0.25) is 0 Å². The van der Waals surface area contributed by atoms with Crippen molar-refractivity contribution in [3.05, 3.63) is 36.2 Å². The lowest BCUT2D eigenvalue weighted by atomic mass is 10.1. The number of hydrogen-bond acceptors (Lipinski definition) is 4. The molecule has 0 unspecified atom stereocenters. The number of nitrogens with zero attached hydrogens (tertiary/aromatic N) is 1. The van der Waals surface area contributed by atoms with Crippen LogP contribution in [0.5, 0.6) is 0 Å². The molecule has 0 aromatic carbocycles. The average Bonchev–Trinajstić information content (AvgIpc) is 2.63. The van der Waals surface area contributed by atoms with Crippen LogP contribution in [0.4, 0.5) is 4.39 Å². The lowest BCUT2D eigenvalue weighted by Crippen LogP contribution is -2.46. The Morgan fingerprint density at radius 2 is 2.00 bits per heavy atom. The number of imide groups is 1. The summed E-state index contributed by atoms with van der Waals surface area (Å²) in [6.07, 6.45) is 2.12. The Balaban J connectivity index is 2.81. The number of carbonyl (C=O) groups excluding carboxylic acids is 4. The van der Waals surface area contributed by atoms with Gasteiger partial charge in [-0.2, -0.15) is 5.01 Å². The molecule has 0 spiro atoms. The zero-order valence-electron chi connectivity index (χ0n) is 10.6. The molecule has 6 nitrogen and oxygen atoms in total. The Labute approximate surface area is 114 Å². The fourth-order valence-corrected chi connectivity index (χ4v) is 1.63. The molecule has 0 fully saturated rings. The van der Waals surface area contributed by atoms with Crippen LogP contribution in [0.15, 0.2) is 36.2 Å². The zero-order chi connectivity index (χ0) is 15.3. The van der Waals surface area contributed by atoms with Crippen molar-refractivity contribution in [3.8, 4) is 0 Å². The third-order valence-corrected chi connectivity index (χ3v) is 2.56. The first kappa shape index (κ1) is 15.5. The van der Waals surface area contributed by atoms with Crippen LogP contribution in [0.25, 0.3) is 0 Å². The van der Waals surface area contributed by atoms with E-state index in [0.717, 1.165) is 6.08 Å². The molecule has 0 aliphatic carbocycles. The Kier molecular flexibility index (Phi) is 5.08. The Morgan fingerprint density at radius 3 is 2.45 bits per heavy atom. The highest BCUT2D eigenvalue weighted by Crippen LogP contribution is 2.25. The Hall–Kier alpha value is -2.57. The average molecular weight is 280 g/mol. The molecule has 1 aliphatic rings. The molecular weight excluding hydrogens is 267 g/mol. The van der Waals surface area contributed by atoms with Crippen molar-refractivity contribution in [1.29, 1.82) is 0 Å². The van der Waals surface area contributed by atoms with Gasteiger partial charge in [0.2, 0.25) is 5.91 Å². The number of rotatable bonds is 7. The van der Waals surface area contributed by atoms with Crippen LogP contribution in [-0.2, 0) is 19.2 Å². The second kappa shape index (κ2) is 6.55. The molecular formula is C13H13FN2O4. The molecule has 1 heterocycles. The molecule has 0 saturated carbocycles. The first-order valence-electron chi connectivity index (χ1n) is 5.77. The highest BCUT2D eigenvalue weighted by molar-refractivity contribution is 6.22. The highest BCUT2D eigenvalue weighted by atomic mass is 19.1. The van der Waals surface area contributed by atoms with Gasteiger partial charge in [-0.1, -0.05) is 19.2 Å². The van der Waals surface area contributed by atoms with Crippen molar-refractivity contribution >= 4 is 24.0 Å². The minimum atomic E-state index is -1.07. The van der Waals surface area contributed by atoms with Gasteiger partial charge in [0.1, 0.15) is 12.1 Å². The molecule has 0 saturated heterocycles. The molecule has 1 rings (SSSR count). The van der Waals surface area contributed by atoms with Gasteiger partial charge in [0, 0.05) is 12.8 Å². The van der Waals surface area contributed by atoms with Gasteiger partial charge in [-0.3, -0.25) is 19.8 Å². The van der Waals surface area contributed by atoms with Gasteiger partial charge in [-0.25, -0.2) is 4.39 Å². The van der Waals surface area contributed by atoms with E-state index in [1.165, 1.54) is 0 Å².